The highest BCUT2D eigenvalue weighted by Crippen LogP contribution is 2.44. The van der Waals surface area contributed by atoms with E-state index in [0.717, 1.165) is 23.4 Å². The maximum atomic E-state index is 10.6. The minimum Gasteiger partial charge on any atom is -0.478 e. The lowest BCUT2D eigenvalue weighted by Gasteiger charge is -2.06. The topological polar surface area (TPSA) is 50.2 Å². The predicted molar refractivity (Wildman–Crippen MR) is 74.1 cm³/mol. The van der Waals surface area contributed by atoms with Gasteiger partial charge in [0.05, 0.1) is 15.6 Å². The Hall–Kier alpha value is -1.16. The SMILES string of the molecule is CCC(CC)c1nc(C2CC2)c(/C=C/C(=O)O)s1. The van der Waals surface area contributed by atoms with Crippen LogP contribution in [0.2, 0.25) is 0 Å². The van der Waals surface area contributed by atoms with E-state index in [2.05, 4.69) is 13.8 Å². The Kier molecular flexibility index (Phi) is 4.17. The number of rotatable bonds is 6. The zero-order valence-corrected chi connectivity index (χ0v) is 11.7. The van der Waals surface area contributed by atoms with Crippen LogP contribution in [-0.4, -0.2) is 16.1 Å². The van der Waals surface area contributed by atoms with Crippen molar-refractivity contribution in [3.05, 3.63) is 21.7 Å². The van der Waals surface area contributed by atoms with Gasteiger partial charge >= 0.3 is 5.97 Å². The van der Waals surface area contributed by atoms with E-state index in [1.807, 2.05) is 0 Å². The lowest BCUT2D eigenvalue weighted by atomic mass is 10.1. The Morgan fingerprint density at radius 3 is 2.67 bits per heavy atom. The standard InChI is InChI=1S/C14H19NO2S/c1-3-9(4-2)14-15-13(10-5-6-10)11(18-14)7-8-12(16)17/h7-10H,3-6H2,1-2H3,(H,16,17)/b8-7+. The van der Waals surface area contributed by atoms with Crippen LogP contribution in [0.3, 0.4) is 0 Å². The van der Waals surface area contributed by atoms with E-state index in [1.165, 1.54) is 23.9 Å². The summed E-state index contributed by atoms with van der Waals surface area (Å²) in [6, 6.07) is 0. The normalized spacial score (nSPS) is 15.7. The summed E-state index contributed by atoms with van der Waals surface area (Å²) in [4.78, 5) is 16.4. The monoisotopic (exact) mass is 265 g/mol. The Balaban J connectivity index is 2.29. The molecule has 4 heteroatoms. The highest BCUT2D eigenvalue weighted by atomic mass is 32.1. The average molecular weight is 265 g/mol. The molecular formula is C14H19NO2S. The van der Waals surface area contributed by atoms with E-state index in [9.17, 15) is 4.79 Å². The van der Waals surface area contributed by atoms with Crippen molar-refractivity contribution >= 4 is 23.4 Å². The van der Waals surface area contributed by atoms with E-state index in [4.69, 9.17) is 10.1 Å². The maximum absolute atomic E-state index is 10.6. The number of hydrogen-bond acceptors (Lipinski definition) is 3. The van der Waals surface area contributed by atoms with Crippen LogP contribution in [0.5, 0.6) is 0 Å². The van der Waals surface area contributed by atoms with Crippen molar-refractivity contribution in [1.82, 2.24) is 4.98 Å². The lowest BCUT2D eigenvalue weighted by Crippen LogP contribution is -1.94. The van der Waals surface area contributed by atoms with E-state index < -0.39 is 5.97 Å². The first kappa shape index (κ1) is 13.3. The fraction of sp³-hybridized carbons (Fsp3) is 0.571. The molecule has 2 rings (SSSR count). The lowest BCUT2D eigenvalue weighted by molar-refractivity contribution is -0.131. The fourth-order valence-electron chi connectivity index (χ4n) is 2.09. The summed E-state index contributed by atoms with van der Waals surface area (Å²) in [5, 5.41) is 9.90. The molecule has 1 aliphatic carbocycles. The van der Waals surface area contributed by atoms with Gasteiger partial charge in [-0.25, -0.2) is 9.78 Å². The van der Waals surface area contributed by atoms with Gasteiger partial charge < -0.3 is 5.11 Å². The van der Waals surface area contributed by atoms with Crippen molar-refractivity contribution in [3.63, 3.8) is 0 Å². The van der Waals surface area contributed by atoms with E-state index in [1.54, 1.807) is 17.4 Å². The number of nitrogens with zero attached hydrogens (tertiary/aromatic N) is 1. The molecule has 0 radical (unpaired) electrons. The van der Waals surface area contributed by atoms with Gasteiger partial charge in [-0.3, -0.25) is 0 Å². The van der Waals surface area contributed by atoms with Crippen molar-refractivity contribution < 1.29 is 9.90 Å². The quantitative estimate of drug-likeness (QED) is 0.790. The molecule has 1 N–H and O–H groups in total. The summed E-state index contributed by atoms with van der Waals surface area (Å²) in [6.07, 6.45) is 7.50. The molecule has 0 unspecified atom stereocenters. The van der Waals surface area contributed by atoms with Crippen LogP contribution >= 0.6 is 11.3 Å². The van der Waals surface area contributed by atoms with Crippen LogP contribution in [0, 0.1) is 0 Å². The second-order valence-corrected chi connectivity index (χ2v) is 5.82. The van der Waals surface area contributed by atoms with Crippen molar-refractivity contribution in [2.75, 3.05) is 0 Å². The van der Waals surface area contributed by atoms with Crippen molar-refractivity contribution in [3.8, 4) is 0 Å². The first-order valence-electron chi connectivity index (χ1n) is 6.57. The van der Waals surface area contributed by atoms with Crippen molar-refractivity contribution in [1.29, 1.82) is 0 Å². The molecule has 1 heterocycles. The molecule has 0 spiro atoms. The summed E-state index contributed by atoms with van der Waals surface area (Å²) < 4.78 is 0. The van der Waals surface area contributed by atoms with Gasteiger partial charge in [-0.15, -0.1) is 11.3 Å². The van der Waals surface area contributed by atoms with Crippen LogP contribution in [0.4, 0.5) is 0 Å². The third-order valence-electron chi connectivity index (χ3n) is 3.37. The number of thiazole rings is 1. The third-order valence-corrected chi connectivity index (χ3v) is 4.57. The summed E-state index contributed by atoms with van der Waals surface area (Å²) in [7, 11) is 0. The van der Waals surface area contributed by atoms with E-state index in [-0.39, 0.29) is 0 Å². The number of carbonyl (C=O) groups is 1. The minimum absolute atomic E-state index is 0.513. The van der Waals surface area contributed by atoms with Crippen molar-refractivity contribution in [2.45, 2.75) is 51.4 Å². The van der Waals surface area contributed by atoms with Crippen LogP contribution in [-0.2, 0) is 4.79 Å². The van der Waals surface area contributed by atoms with Crippen LogP contribution in [0.15, 0.2) is 6.08 Å². The highest BCUT2D eigenvalue weighted by molar-refractivity contribution is 7.12. The summed E-state index contributed by atoms with van der Waals surface area (Å²) in [5.41, 5.74) is 1.12. The molecule has 3 nitrogen and oxygen atoms in total. The number of carboxylic acids is 1. The summed E-state index contributed by atoms with van der Waals surface area (Å²) in [6.45, 7) is 4.36. The molecule has 0 aliphatic heterocycles. The van der Waals surface area contributed by atoms with Gasteiger partial charge in [0.2, 0.25) is 0 Å². The average Bonchev–Trinajstić information content (AvgIpc) is 3.10. The van der Waals surface area contributed by atoms with Gasteiger partial charge in [0.25, 0.3) is 0 Å². The number of aliphatic carboxylic acids is 1. The molecule has 0 aromatic carbocycles. The Morgan fingerprint density at radius 2 is 2.17 bits per heavy atom. The zero-order chi connectivity index (χ0) is 13.1. The smallest absolute Gasteiger partial charge is 0.328 e. The van der Waals surface area contributed by atoms with Crippen LogP contribution in [0.1, 0.15) is 66.9 Å². The molecular weight excluding hydrogens is 246 g/mol. The second-order valence-electron chi connectivity index (χ2n) is 4.76. The number of hydrogen-bond donors (Lipinski definition) is 1. The Labute approximate surface area is 112 Å². The molecule has 0 atom stereocenters. The van der Waals surface area contributed by atoms with Gasteiger partial charge in [-0.2, -0.15) is 0 Å². The molecule has 1 aromatic heterocycles. The number of aromatic nitrogens is 1. The highest BCUT2D eigenvalue weighted by Gasteiger charge is 2.29. The molecule has 1 aliphatic rings. The maximum Gasteiger partial charge on any atom is 0.328 e. The molecule has 98 valence electrons. The van der Waals surface area contributed by atoms with Crippen LogP contribution in [0.25, 0.3) is 6.08 Å². The number of carboxylic acid groups (broad SMARTS) is 1. The summed E-state index contributed by atoms with van der Waals surface area (Å²) in [5.74, 6) is 0.187. The largest absolute Gasteiger partial charge is 0.478 e. The molecule has 0 bridgehead atoms. The molecule has 1 aromatic rings. The van der Waals surface area contributed by atoms with E-state index >= 15 is 0 Å². The van der Waals surface area contributed by atoms with Gasteiger partial charge in [-0.1, -0.05) is 13.8 Å². The van der Waals surface area contributed by atoms with Gasteiger partial charge in [0, 0.05) is 17.9 Å². The second kappa shape index (κ2) is 5.65. The predicted octanol–water partition coefficient (Wildman–Crippen LogP) is 4.02. The molecule has 0 amide bonds. The van der Waals surface area contributed by atoms with Gasteiger partial charge in [0.1, 0.15) is 0 Å². The summed E-state index contributed by atoms with van der Waals surface area (Å²) >= 11 is 1.67. The molecule has 0 saturated heterocycles. The Morgan fingerprint density at radius 1 is 1.50 bits per heavy atom. The Bertz CT molecular complexity index is 456. The molecule has 18 heavy (non-hydrogen) atoms. The third kappa shape index (κ3) is 2.99. The molecule has 1 fully saturated rings. The van der Waals surface area contributed by atoms with Crippen LogP contribution < -0.4 is 0 Å². The first-order chi connectivity index (χ1) is 8.65. The zero-order valence-electron chi connectivity index (χ0n) is 10.8. The van der Waals surface area contributed by atoms with Gasteiger partial charge in [-0.05, 0) is 31.8 Å². The van der Waals surface area contributed by atoms with Gasteiger partial charge in [0.15, 0.2) is 0 Å². The minimum atomic E-state index is -0.894. The fourth-order valence-corrected chi connectivity index (χ4v) is 3.41. The molecule has 1 saturated carbocycles. The van der Waals surface area contributed by atoms with Crippen molar-refractivity contribution in [2.24, 2.45) is 0 Å². The first-order valence-corrected chi connectivity index (χ1v) is 7.38. The van der Waals surface area contributed by atoms with E-state index in [0.29, 0.717) is 11.8 Å².